The van der Waals surface area contributed by atoms with Crippen molar-refractivity contribution in [2.24, 2.45) is 0 Å². The van der Waals surface area contributed by atoms with Gasteiger partial charge in [0.15, 0.2) is 0 Å². The number of benzene rings is 1. The lowest BCUT2D eigenvalue weighted by molar-refractivity contribution is 0.980. The van der Waals surface area contributed by atoms with Crippen LogP contribution in [-0.2, 0) is 0 Å². The minimum atomic E-state index is 1.03. The highest BCUT2D eigenvalue weighted by atomic mass is 14.9. The van der Waals surface area contributed by atoms with Crippen LogP contribution in [0.2, 0.25) is 0 Å². The lowest BCUT2D eigenvalue weighted by Crippen LogP contribution is -1.98. The molecular formula is C12H16N2. The minimum absolute atomic E-state index is 1.03. The largest absolute Gasteiger partial charge is 0.385 e. The van der Waals surface area contributed by atoms with Crippen molar-refractivity contribution in [3.8, 4) is 0 Å². The summed E-state index contributed by atoms with van der Waals surface area (Å²) in [6.45, 7) is 5.29. The number of anilines is 1. The predicted octanol–water partition coefficient (Wildman–Crippen LogP) is 3.30. The van der Waals surface area contributed by atoms with Gasteiger partial charge in [-0.1, -0.05) is 13.0 Å². The van der Waals surface area contributed by atoms with Crippen LogP contribution in [-0.4, -0.2) is 11.5 Å². The second-order valence-corrected chi connectivity index (χ2v) is 3.68. The Kier molecular flexibility index (Phi) is 2.44. The molecule has 0 bridgehead atoms. The fourth-order valence-electron chi connectivity index (χ4n) is 1.65. The summed E-state index contributed by atoms with van der Waals surface area (Å²) in [5.74, 6) is 0. The summed E-state index contributed by atoms with van der Waals surface area (Å²) in [6, 6.07) is 8.61. The average Bonchev–Trinajstić information content (AvgIpc) is 2.54. The van der Waals surface area contributed by atoms with E-state index in [0.717, 1.165) is 13.0 Å². The molecule has 0 saturated heterocycles. The van der Waals surface area contributed by atoms with Crippen LogP contribution in [0.15, 0.2) is 24.3 Å². The van der Waals surface area contributed by atoms with Crippen molar-refractivity contribution < 1.29 is 0 Å². The Morgan fingerprint density at radius 2 is 2.14 bits per heavy atom. The van der Waals surface area contributed by atoms with Crippen molar-refractivity contribution in [1.82, 2.24) is 4.98 Å². The van der Waals surface area contributed by atoms with Crippen LogP contribution < -0.4 is 5.32 Å². The van der Waals surface area contributed by atoms with E-state index in [2.05, 4.69) is 48.4 Å². The molecule has 0 amide bonds. The standard InChI is InChI=1S/C12H16N2/c1-3-6-13-11-5-4-10-7-9(2)14-12(10)8-11/h4-5,7-8,13-14H,3,6H2,1-2H3. The molecule has 1 aromatic carbocycles. The molecule has 0 saturated carbocycles. The first kappa shape index (κ1) is 9.13. The maximum absolute atomic E-state index is 3.38. The molecule has 0 radical (unpaired) electrons. The second-order valence-electron chi connectivity index (χ2n) is 3.68. The highest BCUT2D eigenvalue weighted by molar-refractivity contribution is 5.83. The van der Waals surface area contributed by atoms with E-state index in [-0.39, 0.29) is 0 Å². The van der Waals surface area contributed by atoms with E-state index in [0.29, 0.717) is 0 Å². The molecule has 1 aromatic heterocycles. The summed E-state index contributed by atoms with van der Waals surface area (Å²) in [6.07, 6.45) is 1.15. The van der Waals surface area contributed by atoms with Crippen LogP contribution >= 0.6 is 0 Å². The van der Waals surface area contributed by atoms with Gasteiger partial charge < -0.3 is 10.3 Å². The number of H-pyrrole nitrogens is 1. The van der Waals surface area contributed by atoms with E-state index in [4.69, 9.17) is 0 Å². The number of aromatic amines is 1. The van der Waals surface area contributed by atoms with Crippen LogP contribution in [0.1, 0.15) is 19.0 Å². The number of aryl methyl sites for hydroxylation is 1. The van der Waals surface area contributed by atoms with Gasteiger partial charge in [-0.15, -0.1) is 0 Å². The van der Waals surface area contributed by atoms with Crippen LogP contribution in [0.3, 0.4) is 0 Å². The van der Waals surface area contributed by atoms with Crippen molar-refractivity contribution in [2.75, 3.05) is 11.9 Å². The summed E-state index contributed by atoms with van der Waals surface area (Å²) < 4.78 is 0. The van der Waals surface area contributed by atoms with Gasteiger partial charge >= 0.3 is 0 Å². The first-order valence-electron chi connectivity index (χ1n) is 5.13. The number of aromatic nitrogens is 1. The number of nitrogens with one attached hydrogen (secondary N) is 2. The van der Waals surface area contributed by atoms with Gasteiger partial charge in [-0.25, -0.2) is 0 Å². The Morgan fingerprint density at radius 1 is 1.29 bits per heavy atom. The summed E-state index contributed by atoms with van der Waals surface area (Å²) in [7, 11) is 0. The maximum Gasteiger partial charge on any atom is 0.0476 e. The number of fused-ring (bicyclic) bond motifs is 1. The van der Waals surface area contributed by atoms with Crippen LogP contribution in [0.4, 0.5) is 5.69 Å². The molecule has 1 heterocycles. The normalized spacial score (nSPS) is 10.7. The molecule has 0 aliphatic carbocycles. The first-order valence-corrected chi connectivity index (χ1v) is 5.13. The zero-order valence-corrected chi connectivity index (χ0v) is 8.72. The van der Waals surface area contributed by atoms with Gasteiger partial charge in [-0.05, 0) is 36.9 Å². The zero-order chi connectivity index (χ0) is 9.97. The molecule has 74 valence electrons. The number of hydrogen-bond acceptors (Lipinski definition) is 1. The monoisotopic (exact) mass is 188 g/mol. The third-order valence-electron chi connectivity index (χ3n) is 2.34. The van der Waals surface area contributed by atoms with Gasteiger partial charge in [0.05, 0.1) is 0 Å². The second kappa shape index (κ2) is 3.74. The molecule has 0 aliphatic heterocycles. The summed E-state index contributed by atoms with van der Waals surface area (Å²) in [5, 5.41) is 4.66. The van der Waals surface area contributed by atoms with Gasteiger partial charge in [-0.3, -0.25) is 0 Å². The van der Waals surface area contributed by atoms with E-state index >= 15 is 0 Å². The lowest BCUT2D eigenvalue weighted by atomic mass is 10.2. The van der Waals surface area contributed by atoms with Crippen molar-refractivity contribution in [2.45, 2.75) is 20.3 Å². The number of rotatable bonds is 3. The molecule has 2 nitrogen and oxygen atoms in total. The molecule has 2 N–H and O–H groups in total. The molecule has 0 unspecified atom stereocenters. The lowest BCUT2D eigenvalue weighted by Gasteiger charge is -2.03. The molecule has 2 heteroatoms. The molecule has 0 aliphatic rings. The first-order chi connectivity index (χ1) is 6.79. The summed E-state index contributed by atoms with van der Waals surface area (Å²) in [5.41, 5.74) is 3.62. The minimum Gasteiger partial charge on any atom is -0.385 e. The Balaban J connectivity index is 2.31. The predicted molar refractivity (Wildman–Crippen MR) is 61.8 cm³/mol. The zero-order valence-electron chi connectivity index (χ0n) is 8.72. The highest BCUT2D eigenvalue weighted by Gasteiger charge is 1.98. The molecule has 14 heavy (non-hydrogen) atoms. The third kappa shape index (κ3) is 1.74. The Labute approximate surface area is 84.3 Å². The van der Waals surface area contributed by atoms with Gasteiger partial charge in [0.1, 0.15) is 0 Å². The topological polar surface area (TPSA) is 27.8 Å². The van der Waals surface area contributed by atoms with E-state index in [1.807, 2.05) is 0 Å². The molecule has 2 rings (SSSR count). The summed E-state index contributed by atoms with van der Waals surface area (Å²) >= 11 is 0. The van der Waals surface area contributed by atoms with E-state index in [1.54, 1.807) is 0 Å². The van der Waals surface area contributed by atoms with E-state index < -0.39 is 0 Å². The smallest absolute Gasteiger partial charge is 0.0476 e. The summed E-state index contributed by atoms with van der Waals surface area (Å²) in [4.78, 5) is 3.34. The quantitative estimate of drug-likeness (QED) is 0.760. The maximum atomic E-state index is 3.38. The SMILES string of the molecule is CCCNc1ccc2cc(C)[nH]c2c1. The molecular weight excluding hydrogens is 172 g/mol. The average molecular weight is 188 g/mol. The molecule has 2 aromatic rings. The Bertz CT molecular complexity index is 429. The van der Waals surface area contributed by atoms with Crippen LogP contribution in [0.25, 0.3) is 10.9 Å². The van der Waals surface area contributed by atoms with Crippen LogP contribution in [0, 0.1) is 6.92 Å². The molecule has 0 atom stereocenters. The van der Waals surface area contributed by atoms with E-state index in [1.165, 1.54) is 22.3 Å². The van der Waals surface area contributed by atoms with Crippen molar-refractivity contribution in [1.29, 1.82) is 0 Å². The highest BCUT2D eigenvalue weighted by Crippen LogP contribution is 2.19. The molecule has 0 spiro atoms. The van der Waals surface area contributed by atoms with Crippen molar-refractivity contribution in [3.63, 3.8) is 0 Å². The van der Waals surface area contributed by atoms with Gasteiger partial charge in [0.25, 0.3) is 0 Å². The van der Waals surface area contributed by atoms with Gasteiger partial charge in [-0.2, -0.15) is 0 Å². The van der Waals surface area contributed by atoms with Gasteiger partial charge in [0.2, 0.25) is 0 Å². The van der Waals surface area contributed by atoms with Crippen molar-refractivity contribution >= 4 is 16.6 Å². The van der Waals surface area contributed by atoms with Gasteiger partial charge in [0, 0.05) is 23.4 Å². The Morgan fingerprint density at radius 3 is 2.93 bits per heavy atom. The Hall–Kier alpha value is -1.44. The van der Waals surface area contributed by atoms with Crippen LogP contribution in [0.5, 0.6) is 0 Å². The van der Waals surface area contributed by atoms with E-state index in [9.17, 15) is 0 Å². The third-order valence-corrected chi connectivity index (χ3v) is 2.34. The number of hydrogen-bond donors (Lipinski definition) is 2. The fourth-order valence-corrected chi connectivity index (χ4v) is 1.65. The van der Waals surface area contributed by atoms with Crippen molar-refractivity contribution in [3.05, 3.63) is 30.0 Å². The fraction of sp³-hybridized carbons (Fsp3) is 0.333. The molecule has 0 fully saturated rings.